The number of nitrogens with one attached hydrogen (secondary N) is 1. The summed E-state index contributed by atoms with van der Waals surface area (Å²) < 4.78 is 0. The molecular formula is C18H38N2. The predicted octanol–water partition coefficient (Wildman–Crippen LogP) is 4.30. The Balaban J connectivity index is 2.65. The summed E-state index contributed by atoms with van der Waals surface area (Å²) in [6.45, 7) is 12.9. The molecular weight excluding hydrogens is 244 g/mol. The maximum atomic E-state index is 3.81. The van der Waals surface area contributed by atoms with Crippen LogP contribution in [0, 0.1) is 11.8 Å². The summed E-state index contributed by atoms with van der Waals surface area (Å²) in [5.74, 6) is 1.73. The fraction of sp³-hybridized carbons (Fsp3) is 1.00. The maximum Gasteiger partial charge on any atom is 0.0251 e. The van der Waals surface area contributed by atoms with E-state index in [2.05, 4.69) is 51.9 Å². The number of hydrogen-bond acceptors (Lipinski definition) is 2. The van der Waals surface area contributed by atoms with E-state index in [1.165, 1.54) is 45.1 Å². The summed E-state index contributed by atoms with van der Waals surface area (Å²) in [5, 5.41) is 3.81. The van der Waals surface area contributed by atoms with E-state index in [9.17, 15) is 0 Å². The molecule has 0 spiro atoms. The highest BCUT2D eigenvalue weighted by molar-refractivity contribution is 4.91. The molecule has 0 aromatic carbocycles. The summed E-state index contributed by atoms with van der Waals surface area (Å²) in [4.78, 5) is 2.68. The van der Waals surface area contributed by atoms with Gasteiger partial charge in [0.1, 0.15) is 0 Å². The summed E-state index contributed by atoms with van der Waals surface area (Å²) >= 11 is 0. The lowest BCUT2D eigenvalue weighted by molar-refractivity contribution is 0.0804. The van der Waals surface area contributed by atoms with Crippen molar-refractivity contribution < 1.29 is 0 Å². The minimum absolute atomic E-state index is 0.696. The molecule has 1 rings (SSSR count). The molecule has 0 amide bonds. The van der Waals surface area contributed by atoms with Crippen molar-refractivity contribution >= 4 is 0 Å². The first kappa shape index (κ1) is 18.0. The monoisotopic (exact) mass is 282 g/mol. The Morgan fingerprint density at radius 1 is 1.15 bits per heavy atom. The van der Waals surface area contributed by atoms with Gasteiger partial charge in [0.15, 0.2) is 0 Å². The highest BCUT2D eigenvalue weighted by Crippen LogP contribution is 2.31. The second-order valence-corrected chi connectivity index (χ2v) is 7.36. The fourth-order valence-corrected chi connectivity index (χ4v) is 3.80. The zero-order valence-electron chi connectivity index (χ0n) is 14.8. The van der Waals surface area contributed by atoms with E-state index in [4.69, 9.17) is 0 Å². The van der Waals surface area contributed by atoms with E-state index in [0.29, 0.717) is 12.1 Å². The van der Waals surface area contributed by atoms with Crippen LogP contribution in [0.4, 0.5) is 0 Å². The van der Waals surface area contributed by atoms with Gasteiger partial charge in [-0.2, -0.15) is 0 Å². The Morgan fingerprint density at radius 3 is 2.40 bits per heavy atom. The quantitative estimate of drug-likeness (QED) is 0.714. The van der Waals surface area contributed by atoms with Gasteiger partial charge in [-0.25, -0.2) is 0 Å². The Morgan fingerprint density at radius 2 is 1.85 bits per heavy atom. The Kier molecular flexibility index (Phi) is 8.13. The van der Waals surface area contributed by atoms with Gasteiger partial charge in [0, 0.05) is 18.1 Å². The van der Waals surface area contributed by atoms with Crippen molar-refractivity contribution in [1.29, 1.82) is 0 Å². The van der Waals surface area contributed by atoms with Gasteiger partial charge >= 0.3 is 0 Å². The number of nitrogens with zero attached hydrogens (tertiary/aromatic N) is 1. The molecule has 1 aliphatic carbocycles. The van der Waals surface area contributed by atoms with E-state index in [1.54, 1.807) is 0 Å². The SMILES string of the molecule is CCCNC1CCC(CC)CC1N(C)C(C)CC(C)C. The van der Waals surface area contributed by atoms with Crippen molar-refractivity contribution in [3.63, 3.8) is 0 Å². The van der Waals surface area contributed by atoms with Crippen LogP contribution in [-0.4, -0.2) is 36.6 Å². The van der Waals surface area contributed by atoms with Crippen molar-refractivity contribution in [3.05, 3.63) is 0 Å². The third kappa shape index (κ3) is 5.37. The van der Waals surface area contributed by atoms with Crippen LogP contribution in [0.1, 0.15) is 73.1 Å². The lowest BCUT2D eigenvalue weighted by Crippen LogP contribution is -2.54. The Bertz CT molecular complexity index is 252. The van der Waals surface area contributed by atoms with Crippen LogP contribution in [0.3, 0.4) is 0 Å². The maximum absolute atomic E-state index is 3.81. The lowest BCUT2D eigenvalue weighted by atomic mass is 9.79. The molecule has 2 heteroatoms. The molecule has 2 nitrogen and oxygen atoms in total. The van der Waals surface area contributed by atoms with E-state index >= 15 is 0 Å². The zero-order valence-corrected chi connectivity index (χ0v) is 14.8. The molecule has 4 atom stereocenters. The first-order valence-electron chi connectivity index (χ1n) is 8.94. The minimum Gasteiger partial charge on any atom is -0.312 e. The van der Waals surface area contributed by atoms with Gasteiger partial charge in [-0.05, 0) is 64.5 Å². The highest BCUT2D eigenvalue weighted by Gasteiger charge is 2.33. The van der Waals surface area contributed by atoms with Crippen LogP contribution >= 0.6 is 0 Å². The van der Waals surface area contributed by atoms with Crippen LogP contribution in [0.25, 0.3) is 0 Å². The molecule has 1 saturated carbocycles. The summed E-state index contributed by atoms with van der Waals surface area (Å²) in [6.07, 6.45) is 8.07. The van der Waals surface area contributed by atoms with Gasteiger partial charge < -0.3 is 5.32 Å². The topological polar surface area (TPSA) is 15.3 Å². The second-order valence-electron chi connectivity index (χ2n) is 7.36. The van der Waals surface area contributed by atoms with Gasteiger partial charge in [0.25, 0.3) is 0 Å². The molecule has 0 aromatic rings. The lowest BCUT2D eigenvalue weighted by Gasteiger charge is -2.44. The summed E-state index contributed by atoms with van der Waals surface area (Å²) in [7, 11) is 2.36. The predicted molar refractivity (Wildman–Crippen MR) is 90.2 cm³/mol. The number of rotatable bonds is 8. The average Bonchev–Trinajstić information content (AvgIpc) is 2.43. The molecule has 0 aromatic heterocycles. The van der Waals surface area contributed by atoms with Crippen molar-refractivity contribution in [2.24, 2.45) is 11.8 Å². The fourth-order valence-electron chi connectivity index (χ4n) is 3.80. The van der Waals surface area contributed by atoms with Crippen LogP contribution < -0.4 is 5.32 Å². The molecule has 0 saturated heterocycles. The van der Waals surface area contributed by atoms with Crippen molar-refractivity contribution in [2.45, 2.75) is 91.3 Å². The molecule has 4 unspecified atom stereocenters. The molecule has 0 heterocycles. The van der Waals surface area contributed by atoms with Gasteiger partial charge in [0.2, 0.25) is 0 Å². The Labute approximate surface area is 127 Å². The molecule has 0 radical (unpaired) electrons. The van der Waals surface area contributed by atoms with Gasteiger partial charge in [-0.15, -0.1) is 0 Å². The van der Waals surface area contributed by atoms with E-state index in [-0.39, 0.29) is 0 Å². The summed E-state index contributed by atoms with van der Waals surface area (Å²) in [6, 6.07) is 2.13. The summed E-state index contributed by atoms with van der Waals surface area (Å²) in [5.41, 5.74) is 0. The van der Waals surface area contributed by atoms with E-state index in [1.807, 2.05) is 0 Å². The largest absolute Gasteiger partial charge is 0.312 e. The molecule has 120 valence electrons. The van der Waals surface area contributed by atoms with Crippen molar-refractivity contribution in [2.75, 3.05) is 13.6 Å². The highest BCUT2D eigenvalue weighted by atomic mass is 15.2. The Hall–Kier alpha value is -0.0800. The standard InChI is InChI=1S/C18H38N2/c1-7-11-19-17-10-9-16(8-2)13-18(17)20(6)15(5)12-14(3)4/h14-19H,7-13H2,1-6H3. The third-order valence-electron chi connectivity index (χ3n) is 5.19. The molecule has 0 bridgehead atoms. The van der Waals surface area contributed by atoms with Gasteiger partial charge in [0.05, 0.1) is 0 Å². The van der Waals surface area contributed by atoms with Gasteiger partial charge in [-0.1, -0.05) is 34.1 Å². The van der Waals surface area contributed by atoms with Crippen LogP contribution in [0.15, 0.2) is 0 Å². The van der Waals surface area contributed by atoms with Gasteiger partial charge in [-0.3, -0.25) is 4.90 Å². The van der Waals surface area contributed by atoms with Crippen molar-refractivity contribution in [3.8, 4) is 0 Å². The van der Waals surface area contributed by atoms with E-state index in [0.717, 1.165) is 17.9 Å². The zero-order chi connectivity index (χ0) is 15.1. The van der Waals surface area contributed by atoms with Crippen molar-refractivity contribution in [1.82, 2.24) is 10.2 Å². The number of hydrogen-bond donors (Lipinski definition) is 1. The normalized spacial score (nSPS) is 29.1. The van der Waals surface area contributed by atoms with Crippen LogP contribution in [0.2, 0.25) is 0 Å². The second kappa shape index (κ2) is 9.04. The molecule has 1 aliphatic rings. The first-order valence-corrected chi connectivity index (χ1v) is 8.94. The molecule has 20 heavy (non-hydrogen) atoms. The third-order valence-corrected chi connectivity index (χ3v) is 5.19. The van der Waals surface area contributed by atoms with E-state index < -0.39 is 0 Å². The molecule has 1 fully saturated rings. The van der Waals surface area contributed by atoms with Crippen LogP contribution in [0.5, 0.6) is 0 Å². The minimum atomic E-state index is 0.696. The first-order chi connectivity index (χ1) is 9.49. The molecule has 1 N–H and O–H groups in total. The number of likely N-dealkylation sites (N-methyl/N-ethyl adjacent to an activating group) is 1. The van der Waals surface area contributed by atoms with Crippen LogP contribution in [-0.2, 0) is 0 Å². The molecule has 0 aliphatic heterocycles. The average molecular weight is 283 g/mol. The smallest absolute Gasteiger partial charge is 0.0251 e.